The summed E-state index contributed by atoms with van der Waals surface area (Å²) in [5.74, 6) is -4.49. The highest BCUT2D eigenvalue weighted by molar-refractivity contribution is 6.32. The van der Waals surface area contributed by atoms with Gasteiger partial charge in [0.05, 0.1) is 24.4 Å². The van der Waals surface area contributed by atoms with E-state index in [4.69, 9.17) is 16.3 Å². The molecule has 1 fully saturated rings. The molecule has 3 heterocycles. The molecule has 7 nitrogen and oxygen atoms in total. The number of hydrogen-bond acceptors (Lipinski definition) is 5. The molecule has 0 unspecified atom stereocenters. The lowest BCUT2D eigenvalue weighted by Crippen LogP contribution is -2.26. The number of hydrogen-bond donors (Lipinski definition) is 1. The average Bonchev–Trinajstić information content (AvgIpc) is 3.36. The molecule has 0 bridgehead atoms. The van der Waals surface area contributed by atoms with Crippen LogP contribution < -0.4 is 15.3 Å². The molecule has 2 aromatic carbocycles. The number of anilines is 1. The summed E-state index contributed by atoms with van der Waals surface area (Å²) in [6.45, 7) is 1.05. The first-order valence-electron chi connectivity index (χ1n) is 11.7. The maximum Gasteiger partial charge on any atom is 0.332 e. The minimum atomic E-state index is -2.88. The molecule has 0 radical (unpaired) electrons. The van der Waals surface area contributed by atoms with E-state index >= 15 is 0 Å². The zero-order chi connectivity index (χ0) is 27.4. The molecule has 1 N–H and O–H groups in total. The lowest BCUT2D eigenvalue weighted by Gasteiger charge is -2.21. The number of imidazole rings is 1. The highest BCUT2D eigenvalue weighted by Crippen LogP contribution is 2.44. The molecule has 0 saturated carbocycles. The van der Waals surface area contributed by atoms with Gasteiger partial charge in [0.1, 0.15) is 17.3 Å². The van der Waals surface area contributed by atoms with E-state index in [0.717, 1.165) is 6.07 Å². The van der Waals surface area contributed by atoms with Crippen molar-refractivity contribution in [3.8, 4) is 39.6 Å². The predicted octanol–water partition coefficient (Wildman–Crippen LogP) is 5.50. The number of alkyl halides is 2. The number of phenolic OH excluding ortho intramolecular Hbond substituents is 1. The van der Waals surface area contributed by atoms with E-state index in [-0.39, 0.29) is 40.0 Å². The molecule has 1 aliphatic heterocycles. The van der Waals surface area contributed by atoms with Crippen molar-refractivity contribution in [1.82, 2.24) is 14.1 Å². The van der Waals surface area contributed by atoms with E-state index in [1.165, 1.54) is 46.4 Å². The molecule has 0 spiro atoms. The SMILES string of the molecule is COc1ncc(-c2cc(F)cc(-c3ccc(-n4ccn(C)c4=O)c(Cl)c3)c2O)cc1N1C[C@H](C)C(F)(F)C1. The van der Waals surface area contributed by atoms with Gasteiger partial charge in [-0.05, 0) is 35.9 Å². The Balaban J connectivity index is 1.57. The first kappa shape index (κ1) is 25.7. The summed E-state index contributed by atoms with van der Waals surface area (Å²) in [5, 5.41) is 11.4. The van der Waals surface area contributed by atoms with Crippen molar-refractivity contribution in [2.75, 3.05) is 25.1 Å². The van der Waals surface area contributed by atoms with Gasteiger partial charge < -0.3 is 19.3 Å². The third kappa shape index (κ3) is 4.38. The Labute approximate surface area is 221 Å². The number of benzene rings is 2. The van der Waals surface area contributed by atoms with Crippen LogP contribution in [-0.4, -0.2) is 45.3 Å². The lowest BCUT2D eigenvalue weighted by atomic mass is 9.97. The maximum atomic E-state index is 14.8. The van der Waals surface area contributed by atoms with Crippen molar-refractivity contribution in [3.05, 3.63) is 76.3 Å². The summed E-state index contributed by atoms with van der Waals surface area (Å²) in [7, 11) is 3.00. The van der Waals surface area contributed by atoms with E-state index in [0.29, 0.717) is 22.5 Å². The van der Waals surface area contributed by atoms with Gasteiger partial charge in [-0.1, -0.05) is 24.6 Å². The number of pyridine rings is 1. The van der Waals surface area contributed by atoms with Crippen molar-refractivity contribution in [1.29, 1.82) is 0 Å². The molecule has 2 aromatic heterocycles. The van der Waals surface area contributed by atoms with E-state index in [2.05, 4.69) is 4.98 Å². The second-order valence-corrected chi connectivity index (χ2v) is 9.78. The fraction of sp³-hybridized carbons (Fsp3) is 0.259. The minimum Gasteiger partial charge on any atom is -0.507 e. The number of methoxy groups -OCH3 is 1. The van der Waals surface area contributed by atoms with Crippen molar-refractivity contribution in [2.45, 2.75) is 12.8 Å². The summed E-state index contributed by atoms with van der Waals surface area (Å²) in [5.41, 5.74) is 1.47. The third-order valence-corrected chi connectivity index (χ3v) is 7.14. The zero-order valence-electron chi connectivity index (χ0n) is 20.8. The Hall–Kier alpha value is -3.92. The van der Waals surface area contributed by atoms with E-state index in [1.54, 1.807) is 37.6 Å². The number of phenols is 1. The van der Waals surface area contributed by atoms with Crippen LogP contribution in [0.3, 0.4) is 0 Å². The summed E-state index contributed by atoms with van der Waals surface area (Å²) >= 11 is 6.47. The average molecular weight is 545 g/mol. The van der Waals surface area contributed by atoms with Crippen LogP contribution in [0.2, 0.25) is 5.02 Å². The molecule has 1 aliphatic rings. The summed E-state index contributed by atoms with van der Waals surface area (Å²) < 4.78 is 51.4. The summed E-state index contributed by atoms with van der Waals surface area (Å²) in [4.78, 5) is 18.0. The first-order chi connectivity index (χ1) is 18.0. The van der Waals surface area contributed by atoms with Crippen LogP contribution in [0.25, 0.3) is 27.9 Å². The van der Waals surface area contributed by atoms with E-state index in [1.807, 2.05) is 0 Å². The number of halogens is 4. The molecule has 11 heteroatoms. The van der Waals surface area contributed by atoms with Gasteiger partial charge in [0, 0.05) is 54.8 Å². The first-order valence-corrected chi connectivity index (χ1v) is 12.1. The fourth-order valence-corrected chi connectivity index (χ4v) is 4.92. The van der Waals surface area contributed by atoms with E-state index in [9.17, 15) is 23.1 Å². The molecule has 38 heavy (non-hydrogen) atoms. The molecular weight excluding hydrogens is 521 g/mol. The predicted molar refractivity (Wildman–Crippen MR) is 139 cm³/mol. The molecular formula is C27H24ClF3N4O3. The minimum absolute atomic E-state index is 0.0875. The van der Waals surface area contributed by atoms with Crippen LogP contribution in [0.5, 0.6) is 11.6 Å². The summed E-state index contributed by atoms with van der Waals surface area (Å²) in [6.07, 6.45) is 4.56. The molecule has 4 aromatic rings. The van der Waals surface area contributed by atoms with Crippen molar-refractivity contribution in [2.24, 2.45) is 13.0 Å². The highest BCUT2D eigenvalue weighted by atomic mass is 35.5. The number of aromatic nitrogens is 3. The van der Waals surface area contributed by atoms with Crippen LogP contribution in [0.15, 0.2) is 59.8 Å². The van der Waals surface area contributed by atoms with Gasteiger partial charge in [-0.15, -0.1) is 0 Å². The van der Waals surface area contributed by atoms with Gasteiger partial charge in [-0.25, -0.2) is 22.9 Å². The lowest BCUT2D eigenvalue weighted by molar-refractivity contribution is -0.0137. The largest absolute Gasteiger partial charge is 0.507 e. The second kappa shape index (κ2) is 9.43. The van der Waals surface area contributed by atoms with Crippen LogP contribution in [0.4, 0.5) is 18.9 Å². The molecule has 5 rings (SSSR count). The number of aryl methyl sites for hydroxylation is 1. The Morgan fingerprint density at radius 3 is 2.39 bits per heavy atom. The Bertz CT molecular complexity index is 1600. The standard InChI is InChI=1S/C27H24ClF3N4O3/c1-15-13-34(14-27(15,30)31)23-9-17(12-32-25(23)38-3)20-11-18(29)10-19(24(20)36)16-4-5-22(21(28)8-16)35-7-6-33(2)26(35)37/h4-12,15,36H,13-14H2,1-3H3/t15-/m0/s1. The van der Waals surface area contributed by atoms with Gasteiger partial charge in [-0.2, -0.15) is 0 Å². The van der Waals surface area contributed by atoms with Crippen molar-refractivity contribution in [3.63, 3.8) is 0 Å². The normalized spacial score (nSPS) is 16.7. The monoisotopic (exact) mass is 544 g/mol. The quantitative estimate of drug-likeness (QED) is 0.359. The topological polar surface area (TPSA) is 72.5 Å². The van der Waals surface area contributed by atoms with Gasteiger partial charge in [0.15, 0.2) is 0 Å². The number of nitrogens with zero attached hydrogens (tertiary/aromatic N) is 4. The second-order valence-electron chi connectivity index (χ2n) is 9.37. The smallest absolute Gasteiger partial charge is 0.332 e. The van der Waals surface area contributed by atoms with Gasteiger partial charge in [0.25, 0.3) is 5.92 Å². The maximum absolute atomic E-state index is 14.8. The molecule has 1 saturated heterocycles. The Morgan fingerprint density at radius 1 is 1.11 bits per heavy atom. The van der Waals surface area contributed by atoms with Gasteiger partial charge in [-0.3, -0.25) is 4.57 Å². The number of aromatic hydroxyl groups is 1. The molecule has 198 valence electrons. The van der Waals surface area contributed by atoms with Crippen LogP contribution in [-0.2, 0) is 7.05 Å². The van der Waals surface area contributed by atoms with Crippen molar-refractivity contribution < 1.29 is 23.0 Å². The third-order valence-electron chi connectivity index (χ3n) is 6.83. The van der Waals surface area contributed by atoms with Gasteiger partial charge in [0.2, 0.25) is 5.88 Å². The fourth-order valence-electron chi connectivity index (χ4n) is 4.65. The van der Waals surface area contributed by atoms with E-state index < -0.39 is 24.2 Å². The Morgan fingerprint density at radius 2 is 1.82 bits per heavy atom. The molecule has 0 aliphatic carbocycles. The van der Waals surface area contributed by atoms with Crippen molar-refractivity contribution >= 4 is 17.3 Å². The Kier molecular flexibility index (Phi) is 6.38. The molecule has 1 atom stereocenters. The molecule has 0 amide bonds. The van der Waals surface area contributed by atoms with Crippen LogP contribution >= 0.6 is 11.6 Å². The van der Waals surface area contributed by atoms with Crippen LogP contribution in [0.1, 0.15) is 6.92 Å². The number of rotatable bonds is 5. The van der Waals surface area contributed by atoms with Crippen LogP contribution in [0, 0.1) is 11.7 Å². The highest BCUT2D eigenvalue weighted by Gasteiger charge is 2.46. The van der Waals surface area contributed by atoms with Gasteiger partial charge >= 0.3 is 5.69 Å². The zero-order valence-corrected chi connectivity index (χ0v) is 21.5. The number of ether oxygens (including phenoxy) is 1. The summed E-state index contributed by atoms with van der Waals surface area (Å²) in [6, 6.07) is 8.61.